The second-order valence-electron chi connectivity index (χ2n) is 15.0. The highest BCUT2D eigenvalue weighted by atomic mass is 16.8. The fourth-order valence-electron chi connectivity index (χ4n) is 7.44. The van der Waals surface area contributed by atoms with Gasteiger partial charge in [-0.15, -0.1) is 0 Å². The van der Waals surface area contributed by atoms with Crippen molar-refractivity contribution in [1.82, 2.24) is 10.6 Å². The first-order valence-electron chi connectivity index (χ1n) is 19.0. The van der Waals surface area contributed by atoms with Crippen LogP contribution >= 0.6 is 0 Å². The summed E-state index contributed by atoms with van der Waals surface area (Å²) in [6.07, 6.45) is -39.4. The normalized spacial score (nSPS) is 48.9. The van der Waals surface area contributed by atoms with Gasteiger partial charge in [0, 0.05) is 13.8 Å². The molecule has 0 aromatic heterocycles. The summed E-state index contributed by atoms with van der Waals surface area (Å²) in [5.41, 5.74) is 0. The van der Waals surface area contributed by atoms with Gasteiger partial charge in [0.15, 0.2) is 31.5 Å². The Kier molecular flexibility index (Phi) is 17.3. The number of ether oxygens (including phenoxy) is 9. The summed E-state index contributed by atoms with van der Waals surface area (Å²) in [5.74, 6) is -1.47. The summed E-state index contributed by atoms with van der Waals surface area (Å²) < 4.78 is 50.9. The molecule has 0 aromatic rings. The van der Waals surface area contributed by atoms with Gasteiger partial charge < -0.3 is 125 Å². The molecule has 5 saturated heterocycles. The van der Waals surface area contributed by atoms with E-state index in [0.29, 0.717) is 0 Å². The van der Waals surface area contributed by atoms with Crippen LogP contribution in [0, 0.1) is 0 Å². The Hall–Kier alpha value is -1.98. The van der Waals surface area contributed by atoms with Crippen LogP contribution in [-0.4, -0.2) is 264 Å². The number of nitrogens with one attached hydrogen (secondary N) is 2. The van der Waals surface area contributed by atoms with Crippen LogP contribution in [0.2, 0.25) is 0 Å². The van der Waals surface area contributed by atoms with Gasteiger partial charge in [-0.05, 0) is 0 Å². The molecule has 5 aliphatic rings. The predicted octanol–water partition coefficient (Wildman–Crippen LogP) is -11.0. The lowest BCUT2D eigenvalue weighted by Gasteiger charge is -2.50. The zero-order valence-electron chi connectivity index (χ0n) is 32.1. The average molecular weight is 881 g/mol. The number of aliphatic hydroxyl groups is 14. The first kappa shape index (κ1) is 49.0. The van der Waals surface area contributed by atoms with Crippen molar-refractivity contribution in [3.8, 4) is 0 Å². The molecule has 5 fully saturated rings. The number of rotatable bonds is 14. The van der Waals surface area contributed by atoms with Crippen molar-refractivity contribution in [2.75, 3.05) is 33.0 Å². The molecule has 27 heteroatoms. The van der Waals surface area contributed by atoms with Gasteiger partial charge in [-0.25, -0.2) is 0 Å². The minimum atomic E-state index is -2.08. The summed E-state index contributed by atoms with van der Waals surface area (Å²) in [6.45, 7) is -1.87. The number of carbonyl (C=O) groups excluding carboxylic acids is 2. The number of hydrogen-bond donors (Lipinski definition) is 16. The minimum Gasteiger partial charge on any atom is -0.394 e. The number of amides is 2. The fraction of sp³-hybridized carbons (Fsp3) is 0.939. The van der Waals surface area contributed by atoms with E-state index in [9.17, 15) is 81.1 Å². The van der Waals surface area contributed by atoms with Crippen molar-refractivity contribution in [1.29, 1.82) is 0 Å². The molecule has 24 atom stereocenters. The third kappa shape index (κ3) is 10.7. The van der Waals surface area contributed by atoms with Gasteiger partial charge in [0.2, 0.25) is 11.8 Å². The van der Waals surface area contributed by atoms with Crippen LogP contribution in [0.4, 0.5) is 0 Å². The highest BCUT2D eigenvalue weighted by Crippen LogP contribution is 2.35. The van der Waals surface area contributed by atoms with E-state index >= 15 is 0 Å². The molecule has 0 aromatic carbocycles. The summed E-state index contributed by atoms with van der Waals surface area (Å²) in [7, 11) is 0. The van der Waals surface area contributed by atoms with E-state index in [1.807, 2.05) is 0 Å². The van der Waals surface area contributed by atoms with Gasteiger partial charge in [-0.2, -0.15) is 0 Å². The molecular formula is C33H56N2O25. The molecule has 5 heterocycles. The van der Waals surface area contributed by atoms with Crippen molar-refractivity contribution in [2.45, 2.75) is 161 Å². The molecule has 16 N–H and O–H groups in total. The summed E-state index contributed by atoms with van der Waals surface area (Å²) in [4.78, 5) is 24.2. The van der Waals surface area contributed by atoms with Crippen LogP contribution in [-0.2, 0) is 52.2 Å². The van der Waals surface area contributed by atoms with E-state index in [4.69, 9.17) is 42.6 Å². The van der Waals surface area contributed by atoms with E-state index in [1.54, 1.807) is 0 Å². The Bertz CT molecular complexity index is 1390. The number of aliphatic hydroxyl groups excluding tert-OH is 14. The van der Waals surface area contributed by atoms with Gasteiger partial charge in [0.1, 0.15) is 116 Å². The van der Waals surface area contributed by atoms with E-state index in [0.717, 1.165) is 13.8 Å². The highest BCUT2D eigenvalue weighted by Gasteiger charge is 2.56. The van der Waals surface area contributed by atoms with Crippen molar-refractivity contribution in [3.05, 3.63) is 0 Å². The lowest BCUT2D eigenvalue weighted by molar-refractivity contribution is -0.386. The van der Waals surface area contributed by atoms with Crippen LogP contribution in [0.25, 0.3) is 0 Å². The second kappa shape index (κ2) is 21.1. The number of hydrogen-bond acceptors (Lipinski definition) is 25. The Morgan fingerprint density at radius 1 is 0.500 bits per heavy atom. The summed E-state index contributed by atoms with van der Waals surface area (Å²) in [5, 5.41) is 152. The van der Waals surface area contributed by atoms with Gasteiger partial charge in [0.05, 0.1) is 33.0 Å². The van der Waals surface area contributed by atoms with Crippen molar-refractivity contribution in [3.63, 3.8) is 0 Å². The third-order valence-electron chi connectivity index (χ3n) is 10.7. The molecule has 2 amide bonds. The van der Waals surface area contributed by atoms with Gasteiger partial charge in [-0.1, -0.05) is 0 Å². The molecule has 0 radical (unpaired) electrons. The zero-order chi connectivity index (χ0) is 44.3. The van der Waals surface area contributed by atoms with E-state index in [2.05, 4.69) is 10.6 Å². The Balaban J connectivity index is 1.41. The fourth-order valence-corrected chi connectivity index (χ4v) is 7.44. The van der Waals surface area contributed by atoms with Crippen LogP contribution in [0.15, 0.2) is 0 Å². The van der Waals surface area contributed by atoms with Gasteiger partial charge >= 0.3 is 0 Å². The van der Waals surface area contributed by atoms with Crippen LogP contribution < -0.4 is 10.6 Å². The predicted molar refractivity (Wildman–Crippen MR) is 184 cm³/mol. The maximum Gasteiger partial charge on any atom is 0.217 e. The molecule has 0 saturated carbocycles. The van der Waals surface area contributed by atoms with E-state index in [1.165, 1.54) is 0 Å². The van der Waals surface area contributed by atoms with Crippen LogP contribution in [0.1, 0.15) is 13.8 Å². The third-order valence-corrected chi connectivity index (χ3v) is 10.7. The monoisotopic (exact) mass is 880 g/mol. The first-order chi connectivity index (χ1) is 28.3. The average Bonchev–Trinajstić information content (AvgIpc) is 3.20. The zero-order valence-corrected chi connectivity index (χ0v) is 32.1. The standard InChI is InChI=1S/C33H56N2O25/c1-8(39)34-15-20(45)26(12(4-37)54-29(15)51)58-30-16(35-9(2)40)21(46)27(13(5-38)56-30)59-33-28(60-32-24(49)17(42)10(41)6-52-32)23(48)19(44)14(57-33)7-53-31-25(50)22(47)18(43)11(3-36)55-31/h10-33,36-38,41-51H,3-7H2,1-2H3,(H,34,39)(H,35,40). The quantitative estimate of drug-likeness (QED) is 0.0770. The van der Waals surface area contributed by atoms with Crippen LogP contribution in [0.5, 0.6) is 0 Å². The maximum absolute atomic E-state index is 12.4. The van der Waals surface area contributed by atoms with Gasteiger partial charge in [-0.3, -0.25) is 9.59 Å². The van der Waals surface area contributed by atoms with Crippen molar-refractivity contribution >= 4 is 11.8 Å². The number of carbonyl (C=O) groups is 2. The molecule has 0 spiro atoms. The summed E-state index contributed by atoms with van der Waals surface area (Å²) in [6, 6.07) is -3.17. The molecule has 24 unspecified atom stereocenters. The SMILES string of the molecule is CC(=O)NC1C(O)OC(CO)C(OC2OC(CO)C(OC3OC(COC4OC(CO)C(O)C(O)C4O)C(O)C(O)C3OC3OCC(O)C(O)C3O)C(O)C2NC(C)=O)C1O. The van der Waals surface area contributed by atoms with E-state index in [-0.39, 0.29) is 0 Å². The Morgan fingerprint density at radius 3 is 1.58 bits per heavy atom. The van der Waals surface area contributed by atoms with Crippen molar-refractivity contribution < 1.29 is 124 Å². The smallest absolute Gasteiger partial charge is 0.217 e. The van der Waals surface area contributed by atoms with Crippen molar-refractivity contribution in [2.24, 2.45) is 0 Å². The first-order valence-corrected chi connectivity index (χ1v) is 19.0. The summed E-state index contributed by atoms with van der Waals surface area (Å²) >= 11 is 0. The molecule has 348 valence electrons. The largest absolute Gasteiger partial charge is 0.394 e. The topological polar surface area (TPSA) is 424 Å². The molecule has 0 bridgehead atoms. The maximum atomic E-state index is 12.4. The molecule has 5 aliphatic heterocycles. The molecule has 0 aliphatic carbocycles. The molecule has 60 heavy (non-hydrogen) atoms. The van der Waals surface area contributed by atoms with Crippen LogP contribution in [0.3, 0.4) is 0 Å². The Morgan fingerprint density at radius 2 is 0.983 bits per heavy atom. The highest BCUT2D eigenvalue weighted by molar-refractivity contribution is 5.73. The van der Waals surface area contributed by atoms with E-state index < -0.39 is 192 Å². The molecule has 5 rings (SSSR count). The lowest BCUT2D eigenvalue weighted by Crippen LogP contribution is -2.70. The minimum absolute atomic E-state index is 0.569. The molecular weight excluding hydrogens is 824 g/mol. The second-order valence-corrected chi connectivity index (χ2v) is 15.0. The lowest BCUT2D eigenvalue weighted by atomic mass is 9.94. The molecule has 27 nitrogen and oxygen atoms in total. The van der Waals surface area contributed by atoms with Gasteiger partial charge in [0.25, 0.3) is 0 Å². The Labute approximate surface area is 340 Å².